The van der Waals surface area contributed by atoms with Gasteiger partial charge in [0.1, 0.15) is 0 Å². The molecule has 2 aromatic rings. The van der Waals surface area contributed by atoms with E-state index in [0.29, 0.717) is 12.0 Å². The third kappa shape index (κ3) is 2.06. The molecule has 0 amide bonds. The Morgan fingerprint density at radius 3 is 2.73 bits per heavy atom. The SMILES string of the molecule is CNC(C)C(C)c1ccc2ccsc2c1. The van der Waals surface area contributed by atoms with Crippen molar-refractivity contribution >= 4 is 21.4 Å². The van der Waals surface area contributed by atoms with Crippen molar-refractivity contribution in [3.05, 3.63) is 35.2 Å². The Morgan fingerprint density at radius 2 is 2.00 bits per heavy atom. The van der Waals surface area contributed by atoms with Crippen molar-refractivity contribution in [2.45, 2.75) is 25.8 Å². The lowest BCUT2D eigenvalue weighted by Crippen LogP contribution is -2.27. The van der Waals surface area contributed by atoms with Gasteiger partial charge in [0.15, 0.2) is 0 Å². The van der Waals surface area contributed by atoms with Gasteiger partial charge in [0.25, 0.3) is 0 Å². The lowest BCUT2D eigenvalue weighted by molar-refractivity contribution is 0.524. The van der Waals surface area contributed by atoms with Gasteiger partial charge in [-0.15, -0.1) is 11.3 Å². The molecule has 0 radical (unpaired) electrons. The smallest absolute Gasteiger partial charge is 0.0345 e. The third-order valence-corrected chi connectivity index (χ3v) is 4.09. The van der Waals surface area contributed by atoms with Crippen molar-refractivity contribution in [3.8, 4) is 0 Å². The lowest BCUT2D eigenvalue weighted by Gasteiger charge is -2.19. The van der Waals surface area contributed by atoms with Crippen LogP contribution < -0.4 is 5.32 Å². The van der Waals surface area contributed by atoms with E-state index in [1.54, 1.807) is 0 Å². The van der Waals surface area contributed by atoms with Crippen LogP contribution in [0.3, 0.4) is 0 Å². The summed E-state index contributed by atoms with van der Waals surface area (Å²) in [5, 5.41) is 6.82. The number of hydrogen-bond donors (Lipinski definition) is 1. The highest BCUT2D eigenvalue weighted by Gasteiger charge is 2.12. The van der Waals surface area contributed by atoms with Crippen molar-refractivity contribution in [2.75, 3.05) is 7.05 Å². The van der Waals surface area contributed by atoms with Crippen LogP contribution in [0.15, 0.2) is 29.6 Å². The Balaban J connectivity index is 2.35. The number of thiophene rings is 1. The molecule has 1 aromatic carbocycles. The van der Waals surface area contributed by atoms with Crippen molar-refractivity contribution in [1.82, 2.24) is 5.32 Å². The summed E-state index contributed by atoms with van der Waals surface area (Å²) in [4.78, 5) is 0. The van der Waals surface area contributed by atoms with Gasteiger partial charge in [0.05, 0.1) is 0 Å². The van der Waals surface area contributed by atoms with Crippen molar-refractivity contribution in [3.63, 3.8) is 0 Å². The summed E-state index contributed by atoms with van der Waals surface area (Å²) in [6.45, 7) is 4.50. The van der Waals surface area contributed by atoms with Crippen LogP contribution in [0.2, 0.25) is 0 Å². The molecule has 0 saturated heterocycles. The summed E-state index contributed by atoms with van der Waals surface area (Å²) in [6, 6.07) is 9.48. The maximum Gasteiger partial charge on any atom is 0.0345 e. The highest BCUT2D eigenvalue weighted by atomic mass is 32.1. The Morgan fingerprint density at radius 1 is 1.20 bits per heavy atom. The summed E-state index contributed by atoms with van der Waals surface area (Å²) in [7, 11) is 2.02. The Hall–Kier alpha value is -0.860. The minimum Gasteiger partial charge on any atom is -0.317 e. The molecule has 80 valence electrons. The summed E-state index contributed by atoms with van der Waals surface area (Å²) in [6.07, 6.45) is 0. The van der Waals surface area contributed by atoms with Gasteiger partial charge in [0.2, 0.25) is 0 Å². The van der Waals surface area contributed by atoms with Gasteiger partial charge >= 0.3 is 0 Å². The van der Waals surface area contributed by atoms with E-state index in [0.717, 1.165) is 0 Å². The van der Waals surface area contributed by atoms with Crippen LogP contribution in [0.1, 0.15) is 25.3 Å². The van der Waals surface area contributed by atoms with Crippen LogP contribution in [0, 0.1) is 0 Å². The predicted octanol–water partition coefficient (Wildman–Crippen LogP) is 3.61. The molecule has 0 aliphatic heterocycles. The Labute approximate surface area is 95.1 Å². The first-order chi connectivity index (χ1) is 7.22. The van der Waals surface area contributed by atoms with Gasteiger partial charge in [-0.3, -0.25) is 0 Å². The first-order valence-electron chi connectivity index (χ1n) is 5.37. The molecule has 0 aliphatic rings. The van der Waals surface area contributed by atoms with Gasteiger partial charge in [-0.05, 0) is 48.4 Å². The number of likely N-dealkylation sites (N-methyl/N-ethyl adjacent to an activating group) is 1. The molecular formula is C13H17NS. The fraction of sp³-hybridized carbons (Fsp3) is 0.385. The van der Waals surface area contributed by atoms with Crippen LogP contribution in [0.5, 0.6) is 0 Å². The van der Waals surface area contributed by atoms with Crippen molar-refractivity contribution < 1.29 is 0 Å². The molecule has 0 spiro atoms. The van der Waals surface area contributed by atoms with Crippen molar-refractivity contribution in [2.24, 2.45) is 0 Å². The molecule has 2 heteroatoms. The van der Waals surface area contributed by atoms with Crippen molar-refractivity contribution in [1.29, 1.82) is 0 Å². The quantitative estimate of drug-likeness (QED) is 0.831. The average Bonchev–Trinajstić information content (AvgIpc) is 2.73. The number of fused-ring (bicyclic) bond motifs is 1. The predicted molar refractivity (Wildman–Crippen MR) is 68.8 cm³/mol. The number of nitrogens with one attached hydrogen (secondary N) is 1. The largest absolute Gasteiger partial charge is 0.317 e. The molecule has 2 rings (SSSR count). The fourth-order valence-corrected chi connectivity index (χ4v) is 2.63. The maximum absolute atomic E-state index is 3.31. The second kappa shape index (κ2) is 4.33. The van der Waals surface area contributed by atoms with E-state index in [1.165, 1.54) is 15.6 Å². The van der Waals surface area contributed by atoms with E-state index in [9.17, 15) is 0 Å². The van der Waals surface area contributed by atoms with Crippen LogP contribution in [0.4, 0.5) is 0 Å². The second-order valence-corrected chi connectivity index (χ2v) is 5.03. The molecular weight excluding hydrogens is 202 g/mol. The van der Waals surface area contributed by atoms with Crippen LogP contribution in [0.25, 0.3) is 10.1 Å². The summed E-state index contributed by atoms with van der Waals surface area (Å²) in [5.41, 5.74) is 1.42. The van der Waals surface area contributed by atoms with E-state index in [-0.39, 0.29) is 0 Å². The Kier molecular flexibility index (Phi) is 3.08. The van der Waals surface area contributed by atoms with E-state index >= 15 is 0 Å². The van der Waals surface area contributed by atoms with E-state index in [4.69, 9.17) is 0 Å². The zero-order chi connectivity index (χ0) is 10.8. The molecule has 1 aromatic heterocycles. The Bertz CT molecular complexity index is 446. The fourth-order valence-electron chi connectivity index (χ4n) is 1.79. The molecule has 2 atom stereocenters. The lowest BCUT2D eigenvalue weighted by atomic mass is 9.94. The zero-order valence-electron chi connectivity index (χ0n) is 9.45. The van der Waals surface area contributed by atoms with E-state index < -0.39 is 0 Å². The molecule has 0 fully saturated rings. The van der Waals surface area contributed by atoms with Gasteiger partial charge in [-0.2, -0.15) is 0 Å². The highest BCUT2D eigenvalue weighted by molar-refractivity contribution is 7.17. The topological polar surface area (TPSA) is 12.0 Å². The molecule has 0 aliphatic carbocycles. The molecule has 0 saturated carbocycles. The molecule has 1 N–H and O–H groups in total. The van der Waals surface area contributed by atoms with E-state index in [2.05, 4.69) is 48.8 Å². The first kappa shape index (κ1) is 10.7. The highest BCUT2D eigenvalue weighted by Crippen LogP contribution is 2.26. The van der Waals surface area contributed by atoms with E-state index in [1.807, 2.05) is 18.4 Å². The van der Waals surface area contributed by atoms with Crippen LogP contribution >= 0.6 is 11.3 Å². The molecule has 1 nitrogen and oxygen atoms in total. The van der Waals surface area contributed by atoms with Crippen LogP contribution in [-0.2, 0) is 0 Å². The zero-order valence-corrected chi connectivity index (χ0v) is 10.3. The molecule has 1 heterocycles. The van der Waals surface area contributed by atoms with Gasteiger partial charge < -0.3 is 5.32 Å². The minimum absolute atomic E-state index is 0.516. The van der Waals surface area contributed by atoms with Gasteiger partial charge in [0, 0.05) is 10.7 Å². The summed E-state index contributed by atoms with van der Waals surface area (Å²) < 4.78 is 1.39. The normalized spacial score (nSPS) is 15.4. The molecule has 15 heavy (non-hydrogen) atoms. The third-order valence-electron chi connectivity index (χ3n) is 3.21. The van der Waals surface area contributed by atoms with Crippen LogP contribution in [-0.4, -0.2) is 13.1 Å². The average molecular weight is 219 g/mol. The molecule has 2 unspecified atom stereocenters. The first-order valence-corrected chi connectivity index (χ1v) is 6.24. The standard InChI is InChI=1S/C13H17NS/c1-9(10(2)14-3)12-5-4-11-6-7-15-13(11)8-12/h4-10,14H,1-3H3. The number of rotatable bonds is 3. The number of benzene rings is 1. The maximum atomic E-state index is 3.31. The van der Waals surface area contributed by atoms with Gasteiger partial charge in [-0.1, -0.05) is 19.1 Å². The molecule has 0 bridgehead atoms. The summed E-state index contributed by atoms with van der Waals surface area (Å²) in [5.74, 6) is 0.557. The minimum atomic E-state index is 0.516. The second-order valence-electron chi connectivity index (χ2n) is 4.08. The number of hydrogen-bond acceptors (Lipinski definition) is 2. The van der Waals surface area contributed by atoms with Gasteiger partial charge in [-0.25, -0.2) is 0 Å². The summed E-state index contributed by atoms with van der Waals surface area (Å²) >= 11 is 1.82. The monoisotopic (exact) mass is 219 g/mol.